The van der Waals surface area contributed by atoms with Crippen LogP contribution in [0.1, 0.15) is 11.1 Å². The molecule has 0 fully saturated rings. The number of benzene rings is 5. The van der Waals surface area contributed by atoms with Crippen molar-refractivity contribution in [1.82, 2.24) is 0 Å². The SMILES string of the molecule is Oc1c(Cl)c(Cl)cc(Cl)c1Cc1c(Cl)cc(Cl)c(Cl)c1O.c1cc[c]([Pb]([c]2ccccc2)[c]2ccccc2)cc1. The van der Waals surface area contributed by atoms with Crippen LogP contribution in [0.3, 0.4) is 0 Å². The Bertz CT molecular complexity index is 1440. The fraction of sp³-hybridized carbons (Fsp3) is 0.0323. The zero-order valence-electron chi connectivity index (χ0n) is 20.7. The van der Waals surface area contributed by atoms with E-state index in [0.29, 0.717) is 0 Å². The summed E-state index contributed by atoms with van der Waals surface area (Å²) in [5.74, 6) is -0.564. The summed E-state index contributed by atoms with van der Waals surface area (Å²) in [5.41, 5.74) is 0.531. The second kappa shape index (κ2) is 14.5. The van der Waals surface area contributed by atoms with Crippen LogP contribution in [0.15, 0.2) is 103 Å². The van der Waals surface area contributed by atoms with Crippen LogP contribution in [0, 0.1) is 0 Å². The third-order valence-corrected chi connectivity index (χ3v) is 18.9. The van der Waals surface area contributed by atoms with E-state index in [4.69, 9.17) is 69.6 Å². The molecular weight excluding hydrogens is 824 g/mol. The summed E-state index contributed by atoms with van der Waals surface area (Å²) in [6, 6.07) is 35.8. The first-order valence-electron chi connectivity index (χ1n) is 11.9. The fourth-order valence-corrected chi connectivity index (χ4v) is 15.5. The molecule has 0 aliphatic rings. The van der Waals surface area contributed by atoms with Gasteiger partial charge in [-0.15, -0.1) is 0 Å². The Labute approximate surface area is 271 Å². The average Bonchev–Trinajstić information content (AvgIpc) is 2.97. The number of hydrogen-bond donors (Lipinski definition) is 2. The minimum atomic E-state index is -2.17. The number of hydrogen-bond acceptors (Lipinski definition) is 2. The van der Waals surface area contributed by atoms with Gasteiger partial charge in [-0.25, -0.2) is 0 Å². The van der Waals surface area contributed by atoms with E-state index >= 15 is 0 Å². The molecule has 0 unspecified atom stereocenters. The zero-order chi connectivity index (χ0) is 28.8. The molecule has 5 aromatic carbocycles. The molecule has 0 aliphatic heterocycles. The monoisotopic (exact) mass is 843 g/mol. The number of phenols is 2. The van der Waals surface area contributed by atoms with Gasteiger partial charge < -0.3 is 10.2 Å². The molecule has 5 aromatic rings. The Morgan fingerprint density at radius 1 is 0.450 bits per heavy atom. The van der Waals surface area contributed by atoms with Gasteiger partial charge in [-0.3, -0.25) is 0 Å². The van der Waals surface area contributed by atoms with Gasteiger partial charge in [-0.05, 0) is 12.1 Å². The van der Waals surface area contributed by atoms with Gasteiger partial charge in [0.05, 0.1) is 10.0 Å². The van der Waals surface area contributed by atoms with Gasteiger partial charge in [-0.1, -0.05) is 69.6 Å². The van der Waals surface area contributed by atoms with Crippen LogP contribution in [-0.2, 0) is 6.42 Å². The molecule has 0 saturated carbocycles. The zero-order valence-corrected chi connectivity index (χ0v) is 29.1. The maximum absolute atomic E-state index is 10.0. The van der Waals surface area contributed by atoms with Crippen LogP contribution in [-0.4, -0.2) is 32.9 Å². The molecule has 5 rings (SSSR count). The van der Waals surface area contributed by atoms with Gasteiger partial charge in [0.2, 0.25) is 0 Å². The Morgan fingerprint density at radius 3 is 1.05 bits per heavy atom. The van der Waals surface area contributed by atoms with Crippen LogP contribution < -0.4 is 9.37 Å². The molecule has 0 saturated heterocycles. The first-order chi connectivity index (χ1) is 19.2. The van der Waals surface area contributed by atoms with Crippen LogP contribution >= 0.6 is 69.6 Å². The molecule has 2 nitrogen and oxygen atoms in total. The predicted octanol–water partition coefficient (Wildman–Crippen LogP) is 8.81. The van der Waals surface area contributed by atoms with Crippen molar-refractivity contribution in [3.63, 3.8) is 0 Å². The van der Waals surface area contributed by atoms with Crippen LogP contribution in [0.4, 0.5) is 0 Å². The molecule has 0 spiro atoms. The summed E-state index contributed by atoms with van der Waals surface area (Å²) in [6.45, 7) is 0. The summed E-state index contributed by atoms with van der Waals surface area (Å²) in [7, 11) is 0. The molecule has 203 valence electrons. The van der Waals surface area contributed by atoms with Gasteiger partial charge in [0.25, 0.3) is 0 Å². The van der Waals surface area contributed by atoms with Crippen molar-refractivity contribution in [2.45, 2.75) is 6.42 Å². The van der Waals surface area contributed by atoms with E-state index in [1.807, 2.05) is 0 Å². The van der Waals surface area contributed by atoms with E-state index in [9.17, 15) is 10.2 Å². The second-order valence-electron chi connectivity index (χ2n) is 8.61. The van der Waals surface area contributed by atoms with Crippen molar-refractivity contribution >= 4 is 102 Å². The summed E-state index contributed by atoms with van der Waals surface area (Å²) in [6.07, 6.45) is 0.00309. The molecule has 1 radical (unpaired) electrons. The van der Waals surface area contributed by atoms with Gasteiger partial charge in [0.1, 0.15) is 21.5 Å². The molecule has 0 atom stereocenters. The average molecular weight is 845 g/mol. The molecule has 2 N–H and O–H groups in total. The van der Waals surface area contributed by atoms with Crippen LogP contribution in [0.2, 0.25) is 30.1 Å². The third kappa shape index (κ3) is 7.40. The molecule has 0 aliphatic carbocycles. The summed E-state index contributed by atoms with van der Waals surface area (Å²) in [5, 5.41) is 20.6. The minimum absolute atomic E-state index is 0.00309. The van der Waals surface area contributed by atoms with E-state index < -0.39 is 22.7 Å². The van der Waals surface area contributed by atoms with E-state index in [2.05, 4.69) is 91.0 Å². The van der Waals surface area contributed by atoms with Crippen molar-refractivity contribution in [1.29, 1.82) is 0 Å². The van der Waals surface area contributed by atoms with Gasteiger partial charge >= 0.3 is 123 Å². The van der Waals surface area contributed by atoms with Crippen molar-refractivity contribution in [2.75, 3.05) is 0 Å². The van der Waals surface area contributed by atoms with Crippen molar-refractivity contribution in [2.24, 2.45) is 0 Å². The maximum atomic E-state index is 10.0. The van der Waals surface area contributed by atoms with Crippen molar-refractivity contribution in [3.8, 4) is 11.5 Å². The van der Waals surface area contributed by atoms with Gasteiger partial charge in [0, 0.05) is 27.6 Å². The summed E-state index contributed by atoms with van der Waals surface area (Å²) < 4.78 is 4.64. The predicted molar refractivity (Wildman–Crippen MR) is 173 cm³/mol. The first kappa shape index (κ1) is 31.3. The molecular formula is C31H21Cl6O2Pb. The van der Waals surface area contributed by atoms with E-state index in [1.54, 1.807) is 9.37 Å². The molecule has 0 heterocycles. The van der Waals surface area contributed by atoms with Crippen LogP contribution in [0.5, 0.6) is 11.5 Å². The summed E-state index contributed by atoms with van der Waals surface area (Å²) >= 11 is 33.3. The van der Waals surface area contributed by atoms with Crippen molar-refractivity contribution < 1.29 is 10.2 Å². The standard InChI is InChI=1S/C13H6Cl6O2.3C6H5.Pb/c14-6-2-8(16)10(18)12(20)4(6)1-5-7(15)3-9(17)11(19)13(5)21;3*1-2-4-6-5-3-1;/h2-3,20-21H,1H2;3*1-5H;. The molecule has 40 heavy (non-hydrogen) atoms. The molecule has 0 amide bonds. The second-order valence-corrected chi connectivity index (χ2v) is 20.6. The van der Waals surface area contributed by atoms with Crippen LogP contribution in [0.25, 0.3) is 0 Å². The number of halogens is 6. The van der Waals surface area contributed by atoms with E-state index in [-0.39, 0.29) is 59.2 Å². The molecule has 0 aromatic heterocycles. The quantitative estimate of drug-likeness (QED) is 0.137. The molecule has 9 heteroatoms. The van der Waals surface area contributed by atoms with E-state index in [1.165, 1.54) is 12.1 Å². The topological polar surface area (TPSA) is 40.5 Å². The first-order valence-corrected chi connectivity index (χ1v) is 20.0. The third-order valence-electron chi connectivity index (χ3n) is 6.03. The number of rotatable bonds is 5. The summed E-state index contributed by atoms with van der Waals surface area (Å²) in [4.78, 5) is 0. The normalized spacial score (nSPS) is 10.8. The van der Waals surface area contributed by atoms with Gasteiger partial charge in [0.15, 0.2) is 0 Å². The fourth-order valence-electron chi connectivity index (χ4n) is 4.07. The number of phenolic OH excluding ortho intramolecular Hbond substituents is 2. The van der Waals surface area contributed by atoms with Gasteiger partial charge in [-0.2, -0.15) is 0 Å². The van der Waals surface area contributed by atoms with E-state index in [0.717, 1.165) is 0 Å². The Balaban J connectivity index is 0.000000186. The Kier molecular flexibility index (Phi) is 11.3. The Morgan fingerprint density at radius 2 is 0.750 bits per heavy atom. The van der Waals surface area contributed by atoms with Crippen molar-refractivity contribution in [3.05, 3.63) is 144 Å². The number of aromatic hydroxyl groups is 2. The Hall–Kier alpha value is -1.64. The molecule has 0 bridgehead atoms.